The van der Waals surface area contributed by atoms with Gasteiger partial charge in [0.1, 0.15) is 0 Å². The van der Waals surface area contributed by atoms with Crippen LogP contribution >= 0.6 is 0 Å². The summed E-state index contributed by atoms with van der Waals surface area (Å²) in [5.41, 5.74) is 0.696. The standard InChI is InChI=1S/C36H44N2O7/c1-7-10-17-35(4,5)22-13-16-28(39)29(18-22)45-34(44)21-11-14-23(15-12-21)37-30(40)24-19-26-27(20-25(24)31(37)41)33(43)38(32(26)42)36(6,8-2)9-3/h11-16,18,24-27,39H,7-10,17,19-20H2,1-6H3. The number of likely N-dealkylation sites (tertiary alicyclic amines) is 1. The molecule has 2 aromatic carbocycles. The molecule has 4 amide bonds. The zero-order valence-electron chi connectivity index (χ0n) is 27.1. The van der Waals surface area contributed by atoms with Crippen LogP contribution in [0.5, 0.6) is 11.5 Å². The number of hydrogen-bond acceptors (Lipinski definition) is 7. The Morgan fingerprint density at radius 1 is 0.822 bits per heavy atom. The highest BCUT2D eigenvalue weighted by Crippen LogP contribution is 2.50. The lowest BCUT2D eigenvalue weighted by Gasteiger charge is -2.36. The summed E-state index contributed by atoms with van der Waals surface area (Å²) in [6.07, 6.45) is 4.66. The lowest BCUT2D eigenvalue weighted by molar-refractivity contribution is -0.147. The topological polar surface area (TPSA) is 121 Å². The molecule has 2 saturated heterocycles. The number of benzene rings is 2. The molecule has 1 N–H and O–H groups in total. The number of amides is 4. The number of rotatable bonds is 10. The summed E-state index contributed by atoms with van der Waals surface area (Å²) in [4.78, 5) is 69.6. The quantitative estimate of drug-likeness (QED) is 0.193. The Balaban J connectivity index is 1.30. The Morgan fingerprint density at radius 3 is 1.87 bits per heavy atom. The number of aromatic hydroxyl groups is 1. The third-order valence-electron chi connectivity index (χ3n) is 10.7. The van der Waals surface area contributed by atoms with Crippen molar-refractivity contribution in [1.29, 1.82) is 0 Å². The van der Waals surface area contributed by atoms with Gasteiger partial charge in [-0.25, -0.2) is 4.79 Å². The first-order valence-electron chi connectivity index (χ1n) is 16.2. The van der Waals surface area contributed by atoms with Crippen molar-refractivity contribution in [3.8, 4) is 11.5 Å². The van der Waals surface area contributed by atoms with Gasteiger partial charge in [-0.15, -0.1) is 0 Å². The first kappa shape index (κ1) is 32.4. The number of nitrogens with zero attached hydrogens (tertiary/aromatic N) is 2. The van der Waals surface area contributed by atoms with E-state index in [1.807, 2.05) is 26.8 Å². The molecule has 0 aromatic heterocycles. The summed E-state index contributed by atoms with van der Waals surface area (Å²) in [5.74, 6) is -4.58. The molecular formula is C36H44N2O7. The van der Waals surface area contributed by atoms with Gasteiger partial charge in [0.2, 0.25) is 23.6 Å². The molecule has 4 unspecified atom stereocenters. The third kappa shape index (κ3) is 5.55. The smallest absolute Gasteiger partial charge is 0.343 e. The number of hydrogen-bond donors (Lipinski definition) is 1. The molecule has 0 bridgehead atoms. The second-order valence-corrected chi connectivity index (χ2v) is 13.7. The predicted molar refractivity (Wildman–Crippen MR) is 169 cm³/mol. The molecule has 2 aliphatic heterocycles. The fourth-order valence-corrected chi connectivity index (χ4v) is 7.21. The van der Waals surface area contributed by atoms with Crippen LogP contribution in [0.4, 0.5) is 5.69 Å². The number of fused-ring (bicyclic) bond motifs is 2. The van der Waals surface area contributed by atoms with Gasteiger partial charge in [0.25, 0.3) is 0 Å². The molecule has 2 heterocycles. The van der Waals surface area contributed by atoms with Gasteiger partial charge in [0.05, 0.1) is 34.9 Å². The lowest BCUT2D eigenvalue weighted by Crippen LogP contribution is -2.49. The average Bonchev–Trinajstić information content (AvgIpc) is 3.43. The van der Waals surface area contributed by atoms with Gasteiger partial charge in [-0.2, -0.15) is 0 Å². The number of imide groups is 2. The Morgan fingerprint density at radius 2 is 1.36 bits per heavy atom. The number of unbranched alkanes of at least 4 members (excludes halogenated alkanes) is 1. The molecule has 4 atom stereocenters. The zero-order valence-corrected chi connectivity index (χ0v) is 27.1. The number of carbonyl (C=O) groups excluding carboxylic acids is 5. The zero-order chi connectivity index (χ0) is 32.8. The van der Waals surface area contributed by atoms with Crippen LogP contribution in [-0.4, -0.2) is 45.1 Å². The summed E-state index contributed by atoms with van der Waals surface area (Å²) in [5, 5.41) is 10.4. The molecule has 1 saturated carbocycles. The summed E-state index contributed by atoms with van der Waals surface area (Å²) < 4.78 is 5.56. The Bertz CT molecular complexity index is 1480. The van der Waals surface area contributed by atoms with Crippen molar-refractivity contribution in [2.24, 2.45) is 23.7 Å². The second-order valence-electron chi connectivity index (χ2n) is 13.7. The number of phenols is 1. The first-order valence-corrected chi connectivity index (χ1v) is 16.2. The van der Waals surface area contributed by atoms with E-state index >= 15 is 0 Å². The van der Waals surface area contributed by atoms with E-state index in [1.165, 1.54) is 35.2 Å². The Kier molecular flexibility index (Phi) is 8.68. The summed E-state index contributed by atoms with van der Waals surface area (Å²) in [7, 11) is 0. The minimum atomic E-state index is -0.686. The van der Waals surface area contributed by atoms with E-state index < -0.39 is 47.0 Å². The van der Waals surface area contributed by atoms with Gasteiger partial charge in [0.15, 0.2) is 11.5 Å². The maximum absolute atomic E-state index is 13.6. The maximum Gasteiger partial charge on any atom is 0.343 e. The van der Waals surface area contributed by atoms with Crippen LogP contribution in [0.25, 0.3) is 0 Å². The monoisotopic (exact) mass is 616 g/mol. The van der Waals surface area contributed by atoms with E-state index in [4.69, 9.17) is 4.74 Å². The highest BCUT2D eigenvalue weighted by molar-refractivity contribution is 6.22. The van der Waals surface area contributed by atoms with Gasteiger partial charge in [-0.1, -0.05) is 53.5 Å². The van der Waals surface area contributed by atoms with E-state index in [1.54, 1.807) is 6.07 Å². The fourth-order valence-electron chi connectivity index (χ4n) is 7.21. The second kappa shape index (κ2) is 12.1. The van der Waals surface area contributed by atoms with Crippen molar-refractivity contribution in [2.45, 2.75) is 97.4 Å². The fraction of sp³-hybridized carbons (Fsp3) is 0.528. The summed E-state index contributed by atoms with van der Waals surface area (Å²) in [6, 6.07) is 11.0. The van der Waals surface area contributed by atoms with E-state index in [9.17, 15) is 29.1 Å². The van der Waals surface area contributed by atoms with Crippen LogP contribution < -0.4 is 9.64 Å². The maximum atomic E-state index is 13.6. The molecule has 3 aliphatic rings. The minimum absolute atomic E-state index is 0.0616. The van der Waals surface area contributed by atoms with Crippen LogP contribution in [0.2, 0.25) is 0 Å². The van der Waals surface area contributed by atoms with E-state index in [2.05, 4.69) is 20.8 Å². The number of ether oxygens (including phenoxy) is 1. The summed E-state index contributed by atoms with van der Waals surface area (Å²) in [6.45, 7) is 12.2. The molecule has 0 radical (unpaired) electrons. The van der Waals surface area contributed by atoms with Crippen LogP contribution in [0.3, 0.4) is 0 Å². The predicted octanol–water partition coefficient (Wildman–Crippen LogP) is 6.16. The van der Waals surface area contributed by atoms with E-state index in [0.29, 0.717) is 18.5 Å². The third-order valence-corrected chi connectivity index (χ3v) is 10.7. The number of esters is 1. The molecule has 3 fully saturated rings. The van der Waals surface area contributed by atoms with Gasteiger partial charge in [-0.05, 0) is 86.4 Å². The van der Waals surface area contributed by atoms with Crippen molar-refractivity contribution in [1.82, 2.24) is 4.90 Å². The van der Waals surface area contributed by atoms with Crippen molar-refractivity contribution < 1.29 is 33.8 Å². The molecule has 2 aromatic rings. The minimum Gasteiger partial charge on any atom is -0.504 e. The van der Waals surface area contributed by atoms with Gasteiger partial charge < -0.3 is 9.84 Å². The molecule has 5 rings (SSSR count). The van der Waals surface area contributed by atoms with Crippen molar-refractivity contribution in [3.63, 3.8) is 0 Å². The number of carbonyl (C=O) groups is 5. The van der Waals surface area contributed by atoms with Crippen molar-refractivity contribution in [2.75, 3.05) is 4.90 Å². The van der Waals surface area contributed by atoms with Crippen LogP contribution in [0, 0.1) is 23.7 Å². The van der Waals surface area contributed by atoms with Gasteiger partial charge in [-0.3, -0.25) is 29.0 Å². The average molecular weight is 617 g/mol. The van der Waals surface area contributed by atoms with Crippen LogP contribution in [-0.2, 0) is 24.6 Å². The highest BCUT2D eigenvalue weighted by Gasteiger charge is 2.61. The first-order chi connectivity index (χ1) is 21.3. The lowest BCUT2D eigenvalue weighted by atomic mass is 9.70. The molecule has 45 heavy (non-hydrogen) atoms. The number of anilines is 1. The molecule has 9 heteroatoms. The van der Waals surface area contributed by atoms with Crippen LogP contribution in [0.1, 0.15) is 102 Å². The van der Waals surface area contributed by atoms with Crippen molar-refractivity contribution in [3.05, 3.63) is 53.6 Å². The molecule has 240 valence electrons. The number of phenolic OH excluding ortho intramolecular Hbond substituents is 1. The SMILES string of the molecule is CCCCC(C)(C)c1ccc(O)c(OC(=O)c2ccc(N3C(=O)C4CC5C(=O)N(C(C)(CC)CC)C(=O)C5CC4C3=O)cc2)c1. The van der Waals surface area contributed by atoms with Gasteiger partial charge in [0, 0.05) is 5.54 Å². The Labute approximate surface area is 264 Å². The molecule has 9 nitrogen and oxygen atoms in total. The molecular weight excluding hydrogens is 572 g/mol. The largest absolute Gasteiger partial charge is 0.504 e. The molecule has 0 spiro atoms. The van der Waals surface area contributed by atoms with Gasteiger partial charge >= 0.3 is 5.97 Å². The summed E-state index contributed by atoms with van der Waals surface area (Å²) >= 11 is 0. The Hall–Kier alpha value is -4.01. The van der Waals surface area contributed by atoms with E-state index in [0.717, 1.165) is 29.7 Å². The highest BCUT2D eigenvalue weighted by atomic mass is 16.5. The molecule has 1 aliphatic carbocycles. The van der Waals surface area contributed by atoms with Crippen LogP contribution in [0.15, 0.2) is 42.5 Å². The normalized spacial score (nSPS) is 23.4. The van der Waals surface area contributed by atoms with Crippen molar-refractivity contribution >= 4 is 35.3 Å². The van der Waals surface area contributed by atoms with E-state index in [-0.39, 0.29) is 47.1 Å².